The van der Waals surface area contributed by atoms with E-state index in [0.717, 1.165) is 54.4 Å². The minimum Gasteiger partial charge on any atom is -0.493 e. The van der Waals surface area contributed by atoms with Gasteiger partial charge in [-0.15, -0.1) is 0 Å². The normalized spacial score (nSPS) is 14.7. The quantitative estimate of drug-likeness (QED) is 0.287. The van der Waals surface area contributed by atoms with Crippen LogP contribution in [0.4, 0.5) is 13.2 Å². The predicted molar refractivity (Wildman–Crippen MR) is 131 cm³/mol. The Labute approximate surface area is 201 Å². The Bertz CT molecular complexity index is 1350. The lowest BCUT2D eigenvalue weighted by Crippen LogP contribution is -2.12. The molecule has 1 aromatic heterocycles. The first-order valence-electron chi connectivity index (χ1n) is 11.6. The van der Waals surface area contributed by atoms with Gasteiger partial charge in [0.05, 0.1) is 29.8 Å². The van der Waals surface area contributed by atoms with E-state index >= 15 is 0 Å². The van der Waals surface area contributed by atoms with Gasteiger partial charge in [0.2, 0.25) is 0 Å². The topological polar surface area (TPSA) is 36.3 Å². The highest BCUT2D eigenvalue weighted by Crippen LogP contribution is 2.36. The van der Waals surface area contributed by atoms with Crippen molar-refractivity contribution < 1.29 is 22.6 Å². The maximum Gasteiger partial charge on any atom is 0.416 e. The highest BCUT2D eigenvalue weighted by Gasteiger charge is 2.30. The van der Waals surface area contributed by atoms with Gasteiger partial charge in [-0.05, 0) is 80.3 Å². The zero-order valence-electron chi connectivity index (χ0n) is 19.3. The molecular weight excluding hydrogens is 453 g/mol. The Balaban J connectivity index is 1.56. The third-order valence-corrected chi connectivity index (χ3v) is 6.27. The highest BCUT2D eigenvalue weighted by atomic mass is 19.4. The van der Waals surface area contributed by atoms with Crippen LogP contribution in [0.3, 0.4) is 0 Å². The molecule has 1 aliphatic rings. The van der Waals surface area contributed by atoms with Gasteiger partial charge in [0.1, 0.15) is 5.82 Å². The summed E-state index contributed by atoms with van der Waals surface area (Å²) in [5, 5.41) is 0. The Morgan fingerprint density at radius 1 is 0.914 bits per heavy atom. The van der Waals surface area contributed by atoms with E-state index in [2.05, 4.69) is 0 Å². The molecule has 0 N–H and O–H groups in total. The fourth-order valence-corrected chi connectivity index (χ4v) is 4.52. The summed E-state index contributed by atoms with van der Waals surface area (Å²) in [5.74, 6) is 1.95. The van der Waals surface area contributed by atoms with Crippen LogP contribution >= 0.6 is 0 Å². The van der Waals surface area contributed by atoms with Crippen LogP contribution in [-0.4, -0.2) is 22.8 Å². The first-order chi connectivity index (χ1) is 16.9. The third kappa shape index (κ3) is 4.76. The number of nitrogens with zero attached hydrogens (tertiary/aromatic N) is 2. The summed E-state index contributed by atoms with van der Waals surface area (Å²) < 4.78 is 53.0. The summed E-state index contributed by atoms with van der Waals surface area (Å²) in [6.45, 7) is 0. The van der Waals surface area contributed by atoms with E-state index in [9.17, 15) is 13.2 Å². The molecule has 3 aromatic carbocycles. The van der Waals surface area contributed by atoms with Crippen LogP contribution in [0.1, 0.15) is 42.6 Å². The maximum atomic E-state index is 13.1. The van der Waals surface area contributed by atoms with Crippen molar-refractivity contribution in [2.24, 2.45) is 0 Å². The SMILES string of the molecule is COc1cccc(/C=C/c2nc3ccccc3n2-c2ccc(C(F)(F)F)cc2)c1OC1CCCC1. The lowest BCUT2D eigenvalue weighted by atomic mass is 10.1. The van der Waals surface area contributed by atoms with Crippen molar-refractivity contribution >= 4 is 23.2 Å². The van der Waals surface area contributed by atoms with Crippen molar-refractivity contribution in [3.8, 4) is 17.2 Å². The van der Waals surface area contributed by atoms with Crippen molar-refractivity contribution in [1.82, 2.24) is 9.55 Å². The average molecular weight is 479 g/mol. The van der Waals surface area contributed by atoms with Crippen molar-refractivity contribution in [3.05, 3.63) is 83.7 Å². The molecular formula is C28H25F3N2O2. The average Bonchev–Trinajstić information content (AvgIpc) is 3.50. The number of hydrogen-bond donors (Lipinski definition) is 0. The van der Waals surface area contributed by atoms with Gasteiger partial charge in [0.15, 0.2) is 11.5 Å². The molecule has 7 heteroatoms. The number of ether oxygens (including phenoxy) is 2. The molecule has 4 nitrogen and oxygen atoms in total. The number of fused-ring (bicyclic) bond motifs is 1. The Kier molecular flexibility index (Phi) is 6.24. The van der Waals surface area contributed by atoms with E-state index in [4.69, 9.17) is 14.5 Å². The van der Waals surface area contributed by atoms with Gasteiger partial charge in [0, 0.05) is 11.3 Å². The number of methoxy groups -OCH3 is 1. The van der Waals surface area contributed by atoms with Gasteiger partial charge in [-0.3, -0.25) is 4.57 Å². The molecule has 1 heterocycles. The summed E-state index contributed by atoms with van der Waals surface area (Å²) in [6, 6.07) is 18.4. The second kappa shape index (κ2) is 9.49. The fraction of sp³-hybridized carbons (Fsp3) is 0.250. The lowest BCUT2D eigenvalue weighted by molar-refractivity contribution is -0.137. The van der Waals surface area contributed by atoms with E-state index in [1.807, 2.05) is 59.2 Å². The molecule has 35 heavy (non-hydrogen) atoms. The van der Waals surface area contributed by atoms with E-state index in [1.165, 1.54) is 12.1 Å². The number of benzene rings is 3. The van der Waals surface area contributed by atoms with Crippen LogP contribution in [0.5, 0.6) is 11.5 Å². The molecule has 0 spiro atoms. The summed E-state index contributed by atoms with van der Waals surface area (Å²) in [6.07, 6.45) is 3.89. The van der Waals surface area contributed by atoms with Crippen LogP contribution in [0.25, 0.3) is 28.9 Å². The molecule has 0 saturated heterocycles. The molecule has 0 amide bonds. The molecule has 1 fully saturated rings. The van der Waals surface area contributed by atoms with Crippen LogP contribution in [0.15, 0.2) is 66.7 Å². The van der Waals surface area contributed by atoms with Crippen molar-refractivity contribution in [2.75, 3.05) is 7.11 Å². The Morgan fingerprint density at radius 3 is 2.37 bits per heavy atom. The van der Waals surface area contributed by atoms with Crippen LogP contribution in [0.2, 0.25) is 0 Å². The van der Waals surface area contributed by atoms with E-state index in [1.54, 1.807) is 7.11 Å². The monoisotopic (exact) mass is 478 g/mol. The summed E-state index contributed by atoms with van der Waals surface area (Å²) in [4.78, 5) is 4.73. The molecule has 0 aliphatic heterocycles. The van der Waals surface area contributed by atoms with Crippen molar-refractivity contribution in [2.45, 2.75) is 38.0 Å². The molecule has 0 radical (unpaired) electrons. The zero-order chi connectivity index (χ0) is 24.4. The second-order valence-electron chi connectivity index (χ2n) is 8.58. The minimum atomic E-state index is -4.39. The molecule has 4 aromatic rings. The van der Waals surface area contributed by atoms with Crippen molar-refractivity contribution in [1.29, 1.82) is 0 Å². The first kappa shape index (κ1) is 23.0. The number of halogens is 3. The van der Waals surface area contributed by atoms with Crippen LogP contribution in [-0.2, 0) is 6.18 Å². The van der Waals surface area contributed by atoms with E-state index in [-0.39, 0.29) is 6.10 Å². The second-order valence-corrected chi connectivity index (χ2v) is 8.58. The van der Waals surface area contributed by atoms with Crippen molar-refractivity contribution in [3.63, 3.8) is 0 Å². The number of hydrogen-bond acceptors (Lipinski definition) is 3. The highest BCUT2D eigenvalue weighted by molar-refractivity contribution is 5.83. The van der Waals surface area contributed by atoms with Gasteiger partial charge >= 0.3 is 6.18 Å². The maximum absolute atomic E-state index is 13.1. The third-order valence-electron chi connectivity index (χ3n) is 6.27. The summed E-state index contributed by atoms with van der Waals surface area (Å²) in [7, 11) is 1.62. The lowest BCUT2D eigenvalue weighted by Gasteiger charge is -2.18. The van der Waals surface area contributed by atoms with Gasteiger partial charge < -0.3 is 9.47 Å². The molecule has 0 unspecified atom stereocenters. The van der Waals surface area contributed by atoms with Crippen LogP contribution < -0.4 is 9.47 Å². The van der Waals surface area contributed by atoms with Gasteiger partial charge in [-0.25, -0.2) is 4.98 Å². The van der Waals surface area contributed by atoms with Gasteiger partial charge in [-0.2, -0.15) is 13.2 Å². The molecule has 1 saturated carbocycles. The van der Waals surface area contributed by atoms with E-state index in [0.29, 0.717) is 23.0 Å². The van der Waals surface area contributed by atoms with Gasteiger partial charge in [0.25, 0.3) is 0 Å². The minimum absolute atomic E-state index is 0.162. The molecule has 5 rings (SSSR count). The fourth-order valence-electron chi connectivity index (χ4n) is 4.52. The predicted octanol–water partition coefficient (Wildman–Crippen LogP) is 7.54. The number of para-hydroxylation sites is 3. The first-order valence-corrected chi connectivity index (χ1v) is 11.6. The summed E-state index contributed by atoms with van der Waals surface area (Å²) >= 11 is 0. The number of aromatic nitrogens is 2. The molecule has 1 aliphatic carbocycles. The Hall–Kier alpha value is -3.74. The van der Waals surface area contributed by atoms with E-state index < -0.39 is 11.7 Å². The Morgan fingerprint density at radius 2 is 1.66 bits per heavy atom. The van der Waals surface area contributed by atoms with Crippen LogP contribution in [0, 0.1) is 0 Å². The summed E-state index contributed by atoms with van der Waals surface area (Å²) in [5.41, 5.74) is 2.31. The molecule has 180 valence electrons. The molecule has 0 atom stereocenters. The number of rotatable bonds is 6. The van der Waals surface area contributed by atoms with Gasteiger partial charge in [-0.1, -0.05) is 24.3 Å². The smallest absolute Gasteiger partial charge is 0.416 e. The zero-order valence-corrected chi connectivity index (χ0v) is 19.3. The number of imidazole rings is 1. The largest absolute Gasteiger partial charge is 0.493 e. The standard InChI is InChI=1S/C28H25F3N2O2/c1-34-25-12-6-7-19(27(25)35-22-8-2-3-9-22)13-18-26-32-23-10-4-5-11-24(23)33(26)21-16-14-20(15-17-21)28(29,30)31/h4-7,10-18,22H,2-3,8-9H2,1H3/b18-13+. The number of alkyl halides is 3. The molecule has 0 bridgehead atoms.